The van der Waals surface area contributed by atoms with E-state index in [1.807, 2.05) is 42.5 Å². The van der Waals surface area contributed by atoms with Gasteiger partial charge in [0.15, 0.2) is 0 Å². The minimum atomic E-state index is -0.0659. The van der Waals surface area contributed by atoms with Gasteiger partial charge >= 0.3 is 0 Å². The van der Waals surface area contributed by atoms with E-state index in [4.69, 9.17) is 11.6 Å². The van der Waals surface area contributed by atoms with Crippen LogP contribution in [-0.2, 0) is 9.59 Å². The number of rotatable bonds is 7. The molecule has 0 radical (unpaired) electrons. The molecule has 1 aliphatic heterocycles. The number of hydrogen-bond acceptors (Lipinski definition) is 4. The van der Waals surface area contributed by atoms with Gasteiger partial charge in [-0.1, -0.05) is 41.9 Å². The maximum absolute atomic E-state index is 12.2. The molecule has 1 fully saturated rings. The van der Waals surface area contributed by atoms with Crippen LogP contribution in [0.1, 0.15) is 6.42 Å². The van der Waals surface area contributed by atoms with Crippen molar-refractivity contribution in [2.75, 3.05) is 49.9 Å². The quantitative estimate of drug-likeness (QED) is 0.750. The normalized spacial score (nSPS) is 15.2. The van der Waals surface area contributed by atoms with Crippen LogP contribution in [0.3, 0.4) is 0 Å². The summed E-state index contributed by atoms with van der Waals surface area (Å²) in [4.78, 5) is 28.7. The Morgan fingerprint density at radius 1 is 0.821 bits per heavy atom. The number of nitrogens with zero attached hydrogens (tertiary/aromatic N) is 2. The smallest absolute Gasteiger partial charge is 0.238 e. The number of carbonyl (C=O) groups excluding carboxylic acids is 2. The van der Waals surface area contributed by atoms with Crippen molar-refractivity contribution in [1.29, 1.82) is 0 Å². The Morgan fingerprint density at radius 3 is 2.18 bits per heavy atom. The summed E-state index contributed by atoms with van der Waals surface area (Å²) in [6.45, 7) is 4.36. The van der Waals surface area contributed by atoms with Gasteiger partial charge in [0.1, 0.15) is 0 Å². The highest BCUT2D eigenvalue weighted by atomic mass is 35.5. The van der Waals surface area contributed by atoms with Gasteiger partial charge < -0.3 is 15.5 Å². The second kappa shape index (κ2) is 10.2. The van der Waals surface area contributed by atoms with Crippen molar-refractivity contribution in [3.05, 3.63) is 59.6 Å². The number of anilines is 2. The maximum atomic E-state index is 12.2. The van der Waals surface area contributed by atoms with E-state index >= 15 is 0 Å². The van der Waals surface area contributed by atoms with E-state index in [0.717, 1.165) is 38.4 Å². The summed E-state index contributed by atoms with van der Waals surface area (Å²) in [5.74, 6) is -0.0449. The van der Waals surface area contributed by atoms with Gasteiger partial charge in [0, 0.05) is 44.8 Å². The van der Waals surface area contributed by atoms with E-state index in [1.54, 1.807) is 12.1 Å². The van der Waals surface area contributed by atoms with Gasteiger partial charge in [-0.2, -0.15) is 0 Å². The molecule has 3 rings (SSSR count). The van der Waals surface area contributed by atoms with Crippen LogP contribution >= 0.6 is 11.6 Å². The Balaban J connectivity index is 1.34. The summed E-state index contributed by atoms with van der Waals surface area (Å²) in [5, 5.41) is 6.29. The molecule has 2 N–H and O–H groups in total. The van der Waals surface area contributed by atoms with Gasteiger partial charge in [-0.05, 0) is 24.3 Å². The molecule has 0 atom stereocenters. The molecule has 0 spiro atoms. The standard InChI is InChI=1S/C21H25ClN4O2/c22-18-8-4-5-9-19(18)24-21(28)16-26-14-12-25(13-15-26)11-10-20(27)23-17-6-2-1-3-7-17/h1-9H,10-16H2,(H,23,27)(H,24,28). The molecule has 148 valence electrons. The van der Waals surface area contributed by atoms with Crippen molar-refractivity contribution in [3.8, 4) is 0 Å². The van der Waals surface area contributed by atoms with Crippen molar-refractivity contribution < 1.29 is 9.59 Å². The Morgan fingerprint density at radius 2 is 1.46 bits per heavy atom. The van der Waals surface area contributed by atoms with Crippen LogP contribution in [0.4, 0.5) is 11.4 Å². The Kier molecular flexibility index (Phi) is 7.42. The van der Waals surface area contributed by atoms with E-state index in [2.05, 4.69) is 20.4 Å². The molecule has 6 nitrogen and oxygen atoms in total. The van der Waals surface area contributed by atoms with E-state index < -0.39 is 0 Å². The molecule has 28 heavy (non-hydrogen) atoms. The predicted molar refractivity (Wildman–Crippen MR) is 113 cm³/mol. The van der Waals surface area contributed by atoms with Crippen molar-refractivity contribution in [2.45, 2.75) is 6.42 Å². The van der Waals surface area contributed by atoms with Crippen molar-refractivity contribution >= 4 is 34.8 Å². The number of piperazine rings is 1. The molecule has 2 aromatic rings. The minimum absolute atomic E-state index is 0.0211. The molecule has 2 aromatic carbocycles. The van der Waals surface area contributed by atoms with Crippen LogP contribution < -0.4 is 10.6 Å². The fourth-order valence-corrected chi connectivity index (χ4v) is 3.31. The topological polar surface area (TPSA) is 64.7 Å². The average molecular weight is 401 g/mol. The third-order valence-electron chi connectivity index (χ3n) is 4.69. The van der Waals surface area contributed by atoms with Crippen molar-refractivity contribution in [3.63, 3.8) is 0 Å². The molecule has 0 saturated carbocycles. The first-order valence-corrected chi connectivity index (χ1v) is 9.82. The third kappa shape index (κ3) is 6.34. The summed E-state index contributed by atoms with van der Waals surface area (Å²) in [7, 11) is 0. The van der Waals surface area contributed by atoms with Gasteiger partial charge in [-0.15, -0.1) is 0 Å². The Hall–Kier alpha value is -2.41. The maximum Gasteiger partial charge on any atom is 0.238 e. The number of carbonyl (C=O) groups is 2. The number of para-hydroxylation sites is 2. The van der Waals surface area contributed by atoms with Gasteiger partial charge in [0.05, 0.1) is 17.3 Å². The molecular formula is C21H25ClN4O2. The van der Waals surface area contributed by atoms with E-state index in [1.165, 1.54) is 0 Å². The SMILES string of the molecule is O=C(CCN1CCN(CC(=O)Nc2ccccc2Cl)CC1)Nc1ccccc1. The van der Waals surface area contributed by atoms with Crippen LogP contribution in [0, 0.1) is 0 Å². The molecular weight excluding hydrogens is 376 g/mol. The Labute approximate surface area is 170 Å². The fourth-order valence-electron chi connectivity index (χ4n) is 3.13. The molecule has 0 aliphatic carbocycles. The lowest BCUT2D eigenvalue weighted by atomic mass is 10.2. The summed E-state index contributed by atoms with van der Waals surface area (Å²) >= 11 is 6.07. The van der Waals surface area contributed by atoms with E-state index in [9.17, 15) is 9.59 Å². The molecule has 0 aromatic heterocycles. The largest absolute Gasteiger partial charge is 0.326 e. The van der Waals surface area contributed by atoms with Gasteiger partial charge in [0.25, 0.3) is 0 Å². The zero-order valence-electron chi connectivity index (χ0n) is 15.7. The van der Waals surface area contributed by atoms with Crippen LogP contribution in [0.15, 0.2) is 54.6 Å². The van der Waals surface area contributed by atoms with Crippen molar-refractivity contribution in [2.24, 2.45) is 0 Å². The zero-order valence-corrected chi connectivity index (χ0v) is 16.5. The van der Waals surface area contributed by atoms with Crippen LogP contribution in [0.5, 0.6) is 0 Å². The molecule has 7 heteroatoms. The fraction of sp³-hybridized carbons (Fsp3) is 0.333. The number of benzene rings is 2. The lowest BCUT2D eigenvalue weighted by Crippen LogP contribution is -2.49. The summed E-state index contributed by atoms with van der Waals surface area (Å²) in [6, 6.07) is 16.7. The number of halogens is 1. The van der Waals surface area contributed by atoms with Crippen LogP contribution in [-0.4, -0.2) is 60.9 Å². The van der Waals surface area contributed by atoms with Crippen LogP contribution in [0.2, 0.25) is 5.02 Å². The molecule has 0 unspecified atom stereocenters. The first-order valence-electron chi connectivity index (χ1n) is 9.44. The zero-order chi connectivity index (χ0) is 19.8. The van der Waals surface area contributed by atoms with Gasteiger partial charge in [-0.3, -0.25) is 14.5 Å². The van der Waals surface area contributed by atoms with Crippen LogP contribution in [0.25, 0.3) is 0 Å². The first-order chi connectivity index (χ1) is 13.6. The second-order valence-corrected chi connectivity index (χ2v) is 7.22. The molecule has 1 saturated heterocycles. The lowest BCUT2D eigenvalue weighted by Gasteiger charge is -2.34. The lowest BCUT2D eigenvalue weighted by molar-refractivity contribution is -0.117. The second-order valence-electron chi connectivity index (χ2n) is 6.81. The molecule has 1 aliphatic rings. The number of amides is 2. The monoisotopic (exact) mass is 400 g/mol. The van der Waals surface area contributed by atoms with Crippen molar-refractivity contribution in [1.82, 2.24) is 9.80 Å². The minimum Gasteiger partial charge on any atom is -0.326 e. The van der Waals surface area contributed by atoms with E-state index in [0.29, 0.717) is 23.7 Å². The highest BCUT2D eigenvalue weighted by Crippen LogP contribution is 2.20. The Bertz CT molecular complexity index is 792. The summed E-state index contributed by atoms with van der Waals surface area (Å²) in [5.41, 5.74) is 1.46. The van der Waals surface area contributed by atoms with Gasteiger partial charge in [-0.25, -0.2) is 0 Å². The van der Waals surface area contributed by atoms with E-state index in [-0.39, 0.29) is 11.8 Å². The number of nitrogens with one attached hydrogen (secondary N) is 2. The summed E-state index contributed by atoms with van der Waals surface area (Å²) < 4.78 is 0. The third-order valence-corrected chi connectivity index (χ3v) is 5.02. The summed E-state index contributed by atoms with van der Waals surface area (Å²) in [6.07, 6.45) is 0.460. The van der Waals surface area contributed by atoms with Gasteiger partial charge in [0.2, 0.25) is 11.8 Å². The molecule has 0 bridgehead atoms. The average Bonchev–Trinajstić information content (AvgIpc) is 2.70. The number of hydrogen-bond donors (Lipinski definition) is 2. The predicted octanol–water partition coefficient (Wildman–Crippen LogP) is 2.92. The highest BCUT2D eigenvalue weighted by Gasteiger charge is 2.19. The molecule has 1 heterocycles. The molecule has 2 amide bonds. The first kappa shape index (κ1) is 20.3. The highest BCUT2D eigenvalue weighted by molar-refractivity contribution is 6.33.